The summed E-state index contributed by atoms with van der Waals surface area (Å²) in [6.45, 7) is 0.730. The lowest BCUT2D eigenvalue weighted by Gasteiger charge is -2.37. The molecule has 43 heavy (non-hydrogen) atoms. The van der Waals surface area contributed by atoms with Crippen LogP contribution in [0.3, 0.4) is 0 Å². The first-order chi connectivity index (χ1) is 20.8. The van der Waals surface area contributed by atoms with Gasteiger partial charge in [-0.15, -0.1) is 11.8 Å². The van der Waals surface area contributed by atoms with E-state index in [-0.39, 0.29) is 17.8 Å². The van der Waals surface area contributed by atoms with E-state index in [2.05, 4.69) is 78.1 Å². The van der Waals surface area contributed by atoms with Crippen molar-refractivity contribution >= 4 is 27.5 Å². The predicted octanol–water partition coefficient (Wildman–Crippen LogP) is 5.49. The Morgan fingerprint density at radius 2 is 1.33 bits per heavy atom. The van der Waals surface area contributed by atoms with E-state index in [0.717, 1.165) is 22.3 Å². The first-order valence-corrected chi connectivity index (χ1v) is 17.3. The third kappa shape index (κ3) is 7.39. The van der Waals surface area contributed by atoms with Crippen molar-refractivity contribution in [2.75, 3.05) is 26.5 Å². The molecule has 6 nitrogen and oxygen atoms in total. The molecule has 0 spiro atoms. The van der Waals surface area contributed by atoms with E-state index >= 15 is 0 Å². The number of carbonyl (C=O) groups excluding carboxylic acids is 1. The molecule has 1 fully saturated rings. The van der Waals surface area contributed by atoms with Crippen LogP contribution in [0.25, 0.3) is 0 Å². The third-order valence-electron chi connectivity index (χ3n) is 7.82. The number of carbonyl (C=O) groups is 1. The average molecular weight is 615 g/mol. The highest BCUT2D eigenvalue weighted by Crippen LogP contribution is 2.51. The molecule has 5 rings (SSSR count). The van der Waals surface area contributed by atoms with Crippen molar-refractivity contribution in [1.82, 2.24) is 10.2 Å². The van der Waals surface area contributed by atoms with Crippen molar-refractivity contribution in [2.24, 2.45) is 0 Å². The molecule has 1 amide bonds. The molecule has 0 bridgehead atoms. The van der Waals surface area contributed by atoms with Crippen molar-refractivity contribution < 1.29 is 17.9 Å². The fourth-order valence-corrected chi connectivity index (χ4v) is 8.67. The van der Waals surface area contributed by atoms with E-state index < -0.39 is 26.1 Å². The molecule has 0 aromatic heterocycles. The van der Waals surface area contributed by atoms with Gasteiger partial charge in [-0.05, 0) is 28.7 Å². The molecular weight excluding hydrogens is 577 g/mol. The number of rotatable bonds is 12. The zero-order valence-corrected chi connectivity index (χ0v) is 26.1. The van der Waals surface area contributed by atoms with Gasteiger partial charge in [-0.1, -0.05) is 121 Å². The molecule has 4 aromatic rings. The van der Waals surface area contributed by atoms with Gasteiger partial charge in [0, 0.05) is 37.7 Å². The second-order valence-corrected chi connectivity index (χ2v) is 14.7. The number of sulfone groups is 1. The number of nitrogens with one attached hydrogen (secondary N) is 1. The molecule has 1 aliphatic heterocycles. The van der Waals surface area contributed by atoms with Gasteiger partial charge >= 0.3 is 0 Å². The molecule has 0 radical (unpaired) electrons. The minimum absolute atomic E-state index is 0.0786. The van der Waals surface area contributed by atoms with Gasteiger partial charge in [-0.3, -0.25) is 4.79 Å². The first-order valence-electron chi connectivity index (χ1n) is 14.4. The van der Waals surface area contributed by atoms with Crippen molar-refractivity contribution in [1.29, 1.82) is 0 Å². The molecule has 1 heterocycles. The smallest absolute Gasteiger partial charge is 0.248 e. The largest absolute Gasteiger partial charge is 0.351 e. The van der Waals surface area contributed by atoms with E-state index in [1.807, 2.05) is 60.3 Å². The molecule has 1 aliphatic rings. The Morgan fingerprint density at radius 3 is 1.79 bits per heavy atom. The average Bonchev–Trinajstić information content (AvgIpc) is 3.48. The van der Waals surface area contributed by atoms with Gasteiger partial charge in [0.15, 0.2) is 15.3 Å². The summed E-state index contributed by atoms with van der Waals surface area (Å²) in [5, 5.41) is 3.51. The molecule has 4 aromatic carbocycles. The van der Waals surface area contributed by atoms with E-state index in [1.165, 1.54) is 6.26 Å². The summed E-state index contributed by atoms with van der Waals surface area (Å²) in [4.78, 5) is 14.5. The SMILES string of the molecule is CN(Cc1ccccc1)C(=O)COC([C@@H]1C[C@@H](SC(c2ccccc2)(c2ccccc2)c2ccccc2)CN1)S(C)(=O)=O. The Kier molecular flexibility index (Phi) is 10.0. The van der Waals surface area contributed by atoms with Crippen LogP contribution in [0, 0.1) is 0 Å². The molecule has 3 atom stereocenters. The molecule has 0 saturated carbocycles. The van der Waals surface area contributed by atoms with Crippen LogP contribution in [0.5, 0.6) is 0 Å². The summed E-state index contributed by atoms with van der Waals surface area (Å²) in [6.07, 6.45) is 1.75. The summed E-state index contributed by atoms with van der Waals surface area (Å²) in [7, 11) is -1.92. The van der Waals surface area contributed by atoms with Crippen molar-refractivity contribution in [3.8, 4) is 0 Å². The van der Waals surface area contributed by atoms with Crippen LogP contribution < -0.4 is 5.32 Å². The Labute approximate surface area is 259 Å². The van der Waals surface area contributed by atoms with Crippen LogP contribution in [-0.4, -0.2) is 62.4 Å². The lowest BCUT2D eigenvalue weighted by molar-refractivity contribution is -0.136. The molecule has 1 saturated heterocycles. The van der Waals surface area contributed by atoms with E-state index in [0.29, 0.717) is 19.5 Å². The molecule has 224 valence electrons. The quantitative estimate of drug-likeness (QED) is 0.213. The molecule has 1 N–H and O–H groups in total. The van der Waals surface area contributed by atoms with Crippen molar-refractivity contribution in [2.45, 2.75) is 34.4 Å². The summed E-state index contributed by atoms with van der Waals surface area (Å²) in [6, 6.07) is 40.6. The fraction of sp³-hybridized carbons (Fsp3) is 0.286. The highest BCUT2D eigenvalue weighted by Gasteiger charge is 2.44. The van der Waals surface area contributed by atoms with Gasteiger partial charge in [-0.2, -0.15) is 0 Å². The summed E-state index contributed by atoms with van der Waals surface area (Å²) < 4.78 is 31.3. The lowest BCUT2D eigenvalue weighted by atomic mass is 9.84. The minimum atomic E-state index is -3.62. The highest BCUT2D eigenvalue weighted by atomic mass is 32.2. The van der Waals surface area contributed by atoms with E-state index in [1.54, 1.807) is 11.9 Å². The third-order valence-corrected chi connectivity index (χ3v) is 10.9. The van der Waals surface area contributed by atoms with E-state index in [9.17, 15) is 13.2 Å². The van der Waals surface area contributed by atoms with Crippen LogP contribution in [0.1, 0.15) is 28.7 Å². The van der Waals surface area contributed by atoms with Crippen LogP contribution in [0.4, 0.5) is 0 Å². The van der Waals surface area contributed by atoms with Crippen LogP contribution in [0.2, 0.25) is 0 Å². The van der Waals surface area contributed by atoms with Gasteiger partial charge in [0.25, 0.3) is 0 Å². The number of benzene rings is 4. The van der Waals surface area contributed by atoms with Crippen LogP contribution >= 0.6 is 11.8 Å². The number of thioether (sulfide) groups is 1. The van der Waals surface area contributed by atoms with Gasteiger partial charge in [0.1, 0.15) is 6.61 Å². The first kappa shape index (κ1) is 31.0. The normalized spacial score (nSPS) is 17.8. The van der Waals surface area contributed by atoms with Crippen LogP contribution in [0.15, 0.2) is 121 Å². The molecule has 8 heteroatoms. The number of hydrogen-bond acceptors (Lipinski definition) is 6. The van der Waals surface area contributed by atoms with E-state index in [4.69, 9.17) is 4.74 Å². The van der Waals surface area contributed by atoms with Gasteiger partial charge < -0.3 is 15.0 Å². The standard InChI is InChI=1S/C35H38N2O4S2/c1-37(25-27-15-7-3-8-16-27)33(38)26-41-34(43(2,39)40)32-23-31(24-36-32)42-35(28-17-9-4-10-18-28,29-19-11-5-12-20-29)30-21-13-6-14-22-30/h3-22,31-32,34,36H,23-26H2,1-2H3/t31-,32+,34?/m1/s1. The highest BCUT2D eigenvalue weighted by molar-refractivity contribution is 8.01. The lowest BCUT2D eigenvalue weighted by Crippen LogP contribution is -2.44. The monoisotopic (exact) mass is 614 g/mol. The second kappa shape index (κ2) is 13.9. The topological polar surface area (TPSA) is 75.7 Å². The van der Waals surface area contributed by atoms with Crippen LogP contribution in [-0.2, 0) is 30.7 Å². The molecular formula is C35H38N2O4S2. The zero-order chi connectivity index (χ0) is 30.3. The van der Waals surface area contributed by atoms with Gasteiger partial charge in [0.05, 0.1) is 4.75 Å². The number of ether oxygens (including phenoxy) is 1. The van der Waals surface area contributed by atoms with Gasteiger partial charge in [0.2, 0.25) is 5.91 Å². The fourth-order valence-electron chi connectivity index (χ4n) is 5.75. The maximum atomic E-state index is 13.0. The second-order valence-electron chi connectivity index (χ2n) is 11.0. The summed E-state index contributed by atoms with van der Waals surface area (Å²) in [5.74, 6) is -0.266. The predicted molar refractivity (Wildman–Crippen MR) is 174 cm³/mol. The number of amides is 1. The summed E-state index contributed by atoms with van der Waals surface area (Å²) >= 11 is 1.83. The van der Waals surface area contributed by atoms with Crippen molar-refractivity contribution in [3.63, 3.8) is 0 Å². The van der Waals surface area contributed by atoms with Crippen molar-refractivity contribution in [3.05, 3.63) is 144 Å². The zero-order valence-electron chi connectivity index (χ0n) is 24.5. The number of likely N-dealkylation sites (N-methyl/N-ethyl adjacent to an activating group) is 1. The molecule has 1 unspecified atom stereocenters. The Bertz CT molecular complexity index is 1470. The number of nitrogens with zero attached hydrogens (tertiary/aromatic N) is 1. The molecule has 0 aliphatic carbocycles. The maximum absolute atomic E-state index is 13.0. The minimum Gasteiger partial charge on any atom is -0.351 e. The Hall–Kier alpha value is -3.43. The Morgan fingerprint density at radius 1 is 0.860 bits per heavy atom. The van der Waals surface area contributed by atoms with Gasteiger partial charge in [-0.25, -0.2) is 8.42 Å². The Balaban J connectivity index is 1.36. The maximum Gasteiger partial charge on any atom is 0.248 e. The number of hydrogen-bond donors (Lipinski definition) is 1. The summed E-state index contributed by atoms with van der Waals surface area (Å²) in [5.41, 5.74) is 3.33.